The van der Waals surface area contributed by atoms with Crippen LogP contribution >= 0.6 is 0 Å². The topological polar surface area (TPSA) is 83.9 Å². The molecule has 0 aromatic heterocycles. The molecule has 0 saturated carbocycles. The Kier molecular flexibility index (Phi) is 9.42. The third-order valence-electron chi connectivity index (χ3n) is 3.92. The zero-order chi connectivity index (χ0) is 22.8. The predicted octanol–water partition coefficient (Wildman–Crippen LogP) is 4.67. The number of hydrogen-bond donors (Lipinski definition) is 1. The first kappa shape index (κ1) is 24.6. The number of carboxylic acids is 1. The minimum atomic E-state index is -1.80. The van der Waals surface area contributed by atoms with Gasteiger partial charge in [0.05, 0.1) is 17.7 Å². The fourth-order valence-corrected chi connectivity index (χ4v) is 2.50. The van der Waals surface area contributed by atoms with E-state index in [1.807, 2.05) is 27.7 Å². The van der Waals surface area contributed by atoms with E-state index in [0.717, 1.165) is 10.5 Å². The number of rotatable bonds is 8. The maximum Gasteiger partial charge on any atom is 0.364 e. The zero-order valence-corrected chi connectivity index (χ0v) is 17.6. The second-order valence-electron chi connectivity index (χ2n) is 6.27. The molecule has 1 heterocycles. The van der Waals surface area contributed by atoms with Crippen LogP contribution in [-0.2, 0) is 9.53 Å². The number of allylic oxidation sites excluding steroid dienone is 4. The number of ether oxygens (including phenoxy) is 1. The first-order valence-electron chi connectivity index (χ1n) is 9.42. The molecular formula is C23H26FNO5. The second kappa shape index (κ2) is 11.5. The number of hydrogen-bond acceptors (Lipinski definition) is 4. The second-order valence-corrected chi connectivity index (χ2v) is 6.27. The van der Waals surface area contributed by atoms with Gasteiger partial charge in [-0.3, -0.25) is 14.5 Å². The van der Waals surface area contributed by atoms with Crippen molar-refractivity contribution in [3.05, 3.63) is 82.9 Å². The van der Waals surface area contributed by atoms with Gasteiger partial charge in [-0.15, -0.1) is 0 Å². The molecule has 0 unspecified atom stereocenters. The van der Waals surface area contributed by atoms with Crippen molar-refractivity contribution in [1.29, 1.82) is 0 Å². The van der Waals surface area contributed by atoms with E-state index in [4.69, 9.17) is 9.84 Å². The van der Waals surface area contributed by atoms with Gasteiger partial charge in [-0.1, -0.05) is 44.2 Å². The summed E-state index contributed by atoms with van der Waals surface area (Å²) < 4.78 is 19.6. The van der Waals surface area contributed by atoms with Crippen LogP contribution in [0.4, 0.5) is 4.39 Å². The number of amides is 2. The lowest BCUT2D eigenvalue weighted by atomic mass is 10.1. The highest BCUT2D eigenvalue weighted by Gasteiger charge is 2.36. The number of benzene rings is 1. The monoisotopic (exact) mass is 415 g/mol. The van der Waals surface area contributed by atoms with Gasteiger partial charge in [0.2, 0.25) is 5.83 Å². The summed E-state index contributed by atoms with van der Waals surface area (Å²) in [4.78, 5) is 36.8. The molecule has 0 radical (unpaired) electrons. The molecule has 7 heteroatoms. The van der Waals surface area contributed by atoms with Gasteiger partial charge in [0.1, 0.15) is 12.4 Å². The van der Waals surface area contributed by atoms with Crippen LogP contribution < -0.4 is 0 Å². The van der Waals surface area contributed by atoms with Crippen molar-refractivity contribution in [2.24, 2.45) is 0 Å². The van der Waals surface area contributed by atoms with Gasteiger partial charge >= 0.3 is 5.97 Å². The van der Waals surface area contributed by atoms with Crippen LogP contribution in [0.25, 0.3) is 0 Å². The standard InChI is InChI=1S/C21H20FNO5.C2H6/c1-4-15(10-9-13(2)3)28-12-14(18(22)21(26)27)11-23-19(24)16-7-5-6-8-17(16)20(23)25;1-2/h4-10H,1,11-12H2,2-3H3,(H,26,27);1-2H3/b15-10+,18-14+;. The number of carboxylic acid groups (broad SMARTS) is 1. The molecule has 1 aliphatic heterocycles. The summed E-state index contributed by atoms with van der Waals surface area (Å²) in [5.41, 5.74) is 1.03. The average molecular weight is 415 g/mol. The number of carbonyl (C=O) groups excluding carboxylic acids is 2. The van der Waals surface area contributed by atoms with Gasteiger partial charge in [-0.25, -0.2) is 4.79 Å². The molecule has 30 heavy (non-hydrogen) atoms. The minimum absolute atomic E-state index is 0.193. The number of fused-ring (bicyclic) bond motifs is 1. The number of carbonyl (C=O) groups is 3. The summed E-state index contributed by atoms with van der Waals surface area (Å²) in [7, 11) is 0. The molecule has 0 saturated heterocycles. The Bertz CT molecular complexity index is 888. The normalized spacial score (nSPS) is 13.6. The molecule has 0 fully saturated rings. The van der Waals surface area contributed by atoms with Crippen molar-refractivity contribution in [2.75, 3.05) is 13.2 Å². The molecule has 160 valence electrons. The van der Waals surface area contributed by atoms with Gasteiger partial charge in [-0.2, -0.15) is 4.39 Å². The lowest BCUT2D eigenvalue weighted by molar-refractivity contribution is -0.134. The highest BCUT2D eigenvalue weighted by molar-refractivity contribution is 6.21. The Morgan fingerprint density at radius 1 is 1.13 bits per heavy atom. The third kappa shape index (κ3) is 6.01. The Labute approximate surface area is 175 Å². The summed E-state index contributed by atoms with van der Waals surface area (Å²) in [6.07, 6.45) is 4.73. The van der Waals surface area contributed by atoms with E-state index in [9.17, 15) is 18.8 Å². The average Bonchev–Trinajstić information content (AvgIpc) is 2.98. The van der Waals surface area contributed by atoms with E-state index < -0.39 is 36.8 Å². The van der Waals surface area contributed by atoms with Gasteiger partial charge in [0, 0.05) is 5.57 Å². The summed E-state index contributed by atoms with van der Waals surface area (Å²) in [6, 6.07) is 6.19. The Hall–Kier alpha value is -3.48. The van der Waals surface area contributed by atoms with Crippen LogP contribution in [0.15, 0.2) is 71.8 Å². The third-order valence-corrected chi connectivity index (χ3v) is 3.92. The van der Waals surface area contributed by atoms with E-state index in [0.29, 0.717) is 5.76 Å². The van der Waals surface area contributed by atoms with E-state index in [1.165, 1.54) is 18.2 Å². The van der Waals surface area contributed by atoms with Crippen LogP contribution in [0.5, 0.6) is 0 Å². The van der Waals surface area contributed by atoms with Crippen LogP contribution in [0.1, 0.15) is 48.4 Å². The summed E-state index contributed by atoms with van der Waals surface area (Å²) >= 11 is 0. The first-order valence-corrected chi connectivity index (χ1v) is 9.42. The van der Waals surface area contributed by atoms with Crippen molar-refractivity contribution < 1.29 is 28.6 Å². The van der Waals surface area contributed by atoms with Gasteiger partial charge in [0.15, 0.2) is 0 Å². The molecule has 1 aromatic rings. The van der Waals surface area contributed by atoms with Crippen molar-refractivity contribution in [3.8, 4) is 0 Å². The summed E-state index contributed by atoms with van der Waals surface area (Å²) in [5, 5.41) is 9.01. The molecule has 1 aromatic carbocycles. The Morgan fingerprint density at radius 3 is 2.10 bits per heavy atom. The Balaban J connectivity index is 0.00000218. The fourth-order valence-electron chi connectivity index (χ4n) is 2.50. The molecule has 2 amide bonds. The van der Waals surface area contributed by atoms with Gasteiger partial charge in [0.25, 0.3) is 11.8 Å². The van der Waals surface area contributed by atoms with Crippen LogP contribution in [0, 0.1) is 0 Å². The molecule has 6 nitrogen and oxygen atoms in total. The maximum absolute atomic E-state index is 14.2. The molecule has 2 rings (SSSR count). The quantitative estimate of drug-likeness (QED) is 0.289. The molecule has 1 aliphatic rings. The highest BCUT2D eigenvalue weighted by Crippen LogP contribution is 2.24. The number of halogens is 1. The van der Waals surface area contributed by atoms with Gasteiger partial charge < -0.3 is 9.84 Å². The molecule has 0 bridgehead atoms. The number of aliphatic carboxylic acids is 1. The minimum Gasteiger partial charge on any atom is -0.489 e. The lowest BCUT2D eigenvalue weighted by Gasteiger charge is -2.17. The largest absolute Gasteiger partial charge is 0.489 e. The smallest absolute Gasteiger partial charge is 0.364 e. The molecule has 0 spiro atoms. The van der Waals surface area contributed by atoms with E-state index >= 15 is 0 Å². The van der Waals surface area contributed by atoms with Crippen molar-refractivity contribution in [2.45, 2.75) is 27.7 Å². The lowest BCUT2D eigenvalue weighted by Crippen LogP contribution is -2.33. The fraction of sp³-hybridized carbons (Fsp3) is 0.261. The zero-order valence-electron chi connectivity index (χ0n) is 17.6. The SMILES string of the molecule is C=C/C(=C\C=C(C)C)OC/C(CN1C(=O)c2ccccc2C1=O)=C(/F)C(=O)O.CC. The predicted molar refractivity (Wildman–Crippen MR) is 113 cm³/mol. The highest BCUT2D eigenvalue weighted by atomic mass is 19.1. The molecule has 0 atom stereocenters. The van der Waals surface area contributed by atoms with Crippen LogP contribution in [0.3, 0.4) is 0 Å². The summed E-state index contributed by atoms with van der Waals surface area (Å²) in [5.74, 6) is -4.20. The van der Waals surface area contributed by atoms with Crippen LogP contribution in [-0.4, -0.2) is 40.9 Å². The van der Waals surface area contributed by atoms with Crippen molar-refractivity contribution in [1.82, 2.24) is 4.90 Å². The molecular weight excluding hydrogens is 389 g/mol. The maximum atomic E-state index is 14.2. The van der Waals surface area contributed by atoms with Crippen molar-refractivity contribution >= 4 is 17.8 Å². The number of nitrogens with zero attached hydrogens (tertiary/aromatic N) is 1. The van der Waals surface area contributed by atoms with Crippen LogP contribution in [0.2, 0.25) is 0 Å². The van der Waals surface area contributed by atoms with Crippen molar-refractivity contribution in [3.63, 3.8) is 0 Å². The number of imide groups is 1. The Morgan fingerprint density at radius 2 is 1.67 bits per heavy atom. The first-order chi connectivity index (χ1) is 14.3. The van der Waals surface area contributed by atoms with E-state index in [-0.39, 0.29) is 16.7 Å². The van der Waals surface area contributed by atoms with E-state index in [1.54, 1.807) is 24.3 Å². The molecule has 1 N–H and O–H groups in total. The molecule has 0 aliphatic carbocycles. The van der Waals surface area contributed by atoms with E-state index in [2.05, 4.69) is 6.58 Å². The summed E-state index contributed by atoms with van der Waals surface area (Å²) in [6.45, 7) is 10.3. The van der Waals surface area contributed by atoms with Gasteiger partial charge in [-0.05, 0) is 38.1 Å².